The number of hydrogen-bond donors (Lipinski definition) is 1. The van der Waals surface area contributed by atoms with E-state index in [1.165, 1.54) is 48.5 Å². The van der Waals surface area contributed by atoms with E-state index in [2.05, 4.69) is 0 Å². The molecule has 0 heterocycles. The fourth-order valence-electron chi connectivity index (χ4n) is 6.63. The molecule has 14 nitrogen and oxygen atoms in total. The smallest absolute Gasteiger partial charge is 0.425 e. The van der Waals surface area contributed by atoms with E-state index in [1.54, 1.807) is 79.9 Å². The Hall–Kier alpha value is -7.61. The van der Waals surface area contributed by atoms with Crippen molar-refractivity contribution in [3.8, 4) is 62.5 Å². The molecule has 0 aliphatic rings. The quantitative estimate of drug-likeness (QED) is 0.100. The fourth-order valence-corrected chi connectivity index (χ4v) is 9.90. The van der Waals surface area contributed by atoms with E-state index >= 15 is 0 Å². The normalized spacial score (nSPS) is 11.4. The highest BCUT2D eigenvalue weighted by molar-refractivity contribution is 7.92. The van der Waals surface area contributed by atoms with Crippen LogP contribution in [0.15, 0.2) is 213 Å². The van der Waals surface area contributed by atoms with E-state index < -0.39 is 45.3 Å². The van der Waals surface area contributed by atoms with Crippen LogP contribution >= 0.6 is 0 Å². The molecule has 1 N–H and O–H groups in total. The molecule has 0 fully saturated rings. The van der Waals surface area contributed by atoms with Crippen LogP contribution in [0.25, 0.3) is 22.3 Å². The first-order valence-corrected chi connectivity index (χ1v) is 25.4. The third-order valence-electron chi connectivity index (χ3n) is 10.1. The summed E-state index contributed by atoms with van der Waals surface area (Å²) in [6, 6.07) is 51.0. The number of rotatable bonds is 14. The maximum Gasteiger partial charge on any atom is 0.425 e. The summed E-state index contributed by atoms with van der Waals surface area (Å²) in [7, 11) is -14.3. The van der Waals surface area contributed by atoms with Gasteiger partial charge in [-0.1, -0.05) is 66.2 Å². The van der Waals surface area contributed by atoms with Crippen LogP contribution in [0.4, 0.5) is 0 Å². The molecular weight excluding hydrogens is 953 g/mol. The fraction of sp³-hybridized carbons (Fsp3) is 0.0400. The zero-order valence-corrected chi connectivity index (χ0v) is 39.1. The van der Waals surface area contributed by atoms with Crippen molar-refractivity contribution in [2.75, 3.05) is 7.11 Å². The summed E-state index contributed by atoms with van der Waals surface area (Å²) in [6.45, 7) is 1.81. The molecule has 0 unspecified atom stereocenters. The molecule has 0 aliphatic heterocycles. The molecule has 8 aromatic carbocycles. The van der Waals surface area contributed by atoms with Gasteiger partial charge in [-0.25, -0.2) is 16.8 Å². The third kappa shape index (κ3) is 11.9. The topological polar surface area (TPSA) is 211 Å². The highest BCUT2D eigenvalue weighted by Crippen LogP contribution is 2.35. The second-order valence-corrected chi connectivity index (χ2v) is 20.4. The maximum absolute atomic E-state index is 13.5. The molecule has 8 aromatic rings. The van der Waals surface area contributed by atoms with Gasteiger partial charge in [0.05, 0.1) is 26.7 Å². The molecule has 0 saturated carbocycles. The Labute approximate surface area is 394 Å². The molecule has 346 valence electrons. The summed E-state index contributed by atoms with van der Waals surface area (Å²) in [6.07, 6.45) is 0. The molecule has 0 aromatic heterocycles. The summed E-state index contributed by atoms with van der Waals surface area (Å²) >= 11 is 0. The minimum atomic E-state index is -4.88. The highest BCUT2D eigenvalue weighted by Gasteiger charge is 2.25. The summed E-state index contributed by atoms with van der Waals surface area (Å²) < 4.78 is 136. The average Bonchev–Trinajstić information content (AvgIpc) is 3.32. The zero-order valence-electron chi connectivity index (χ0n) is 35.8. The molecule has 0 bridgehead atoms. The van der Waals surface area contributed by atoms with Gasteiger partial charge in [0.2, 0.25) is 19.7 Å². The molecule has 8 rings (SSSR count). The van der Waals surface area contributed by atoms with Crippen molar-refractivity contribution in [3.05, 3.63) is 194 Å². The van der Waals surface area contributed by atoms with Crippen molar-refractivity contribution in [2.24, 2.45) is 0 Å². The predicted octanol–water partition coefficient (Wildman–Crippen LogP) is 10.6. The molecule has 0 atom stereocenters. The lowest BCUT2D eigenvalue weighted by Gasteiger charge is -2.13. The lowest BCUT2D eigenvalue weighted by atomic mass is 10.1. The van der Waals surface area contributed by atoms with E-state index in [0.29, 0.717) is 23.0 Å². The summed E-state index contributed by atoms with van der Waals surface area (Å²) in [5, 5.41) is 0. The van der Waals surface area contributed by atoms with Crippen molar-refractivity contribution < 1.29 is 61.4 Å². The van der Waals surface area contributed by atoms with Gasteiger partial charge in [0.1, 0.15) is 45.1 Å². The minimum Gasteiger partial charge on any atom is -0.497 e. The molecule has 0 spiro atoms. The van der Waals surface area contributed by atoms with Crippen LogP contribution in [0.1, 0.15) is 5.56 Å². The molecule has 0 amide bonds. The van der Waals surface area contributed by atoms with E-state index in [1.807, 2.05) is 67.6 Å². The standard InChI is InChI=1S/C50H38O11S3.O3S/c1-34-3-25-45(26-4-34)63(53,54)48-31-32-49(50(33-48)64(55,56)57)61-44-19-11-38(12-20-44)37-9-17-41(18-10-37)60-43-23-29-47(30-24-43)62(51,52)46-27-21-42(22-28-46)59-40-15-7-36(8-16-40)35-5-13-39(58-2)14-6-35;1-4(2)3/h3-33H,1-2H3,(H,55,56,57);. The molecule has 0 aliphatic carbocycles. The number of hydrogen-bond acceptors (Lipinski definition) is 13. The van der Waals surface area contributed by atoms with E-state index in [9.17, 15) is 29.8 Å². The molecule has 68 heavy (non-hydrogen) atoms. The lowest BCUT2D eigenvalue weighted by molar-refractivity contribution is 0.415. The number of methoxy groups -OCH3 is 1. The van der Waals surface area contributed by atoms with Gasteiger partial charge in [-0.3, -0.25) is 4.55 Å². The van der Waals surface area contributed by atoms with Gasteiger partial charge in [0.25, 0.3) is 10.1 Å². The molecule has 18 heteroatoms. The first kappa shape index (κ1) is 48.3. The van der Waals surface area contributed by atoms with Gasteiger partial charge >= 0.3 is 10.6 Å². The van der Waals surface area contributed by atoms with Crippen molar-refractivity contribution >= 4 is 40.4 Å². The van der Waals surface area contributed by atoms with Crippen LogP contribution in [0.3, 0.4) is 0 Å². The van der Waals surface area contributed by atoms with Gasteiger partial charge in [-0.05, 0) is 157 Å². The third-order valence-corrected chi connectivity index (χ3v) is 14.5. The summed E-state index contributed by atoms with van der Waals surface area (Å²) in [5.41, 5.74) is 4.52. The van der Waals surface area contributed by atoms with Gasteiger partial charge in [0.15, 0.2) is 0 Å². The van der Waals surface area contributed by atoms with Crippen LogP contribution in [0, 0.1) is 6.92 Å². The second-order valence-electron chi connectivity index (χ2n) is 14.7. The van der Waals surface area contributed by atoms with Gasteiger partial charge in [-0.15, -0.1) is 12.6 Å². The first-order valence-electron chi connectivity index (χ1n) is 20.0. The van der Waals surface area contributed by atoms with E-state index in [0.717, 1.165) is 39.6 Å². The van der Waals surface area contributed by atoms with Crippen molar-refractivity contribution in [3.63, 3.8) is 0 Å². The lowest BCUT2D eigenvalue weighted by Crippen LogP contribution is -2.06. The largest absolute Gasteiger partial charge is 0.497 e. The number of ether oxygens (including phenoxy) is 4. The van der Waals surface area contributed by atoms with E-state index in [-0.39, 0.29) is 31.1 Å². The van der Waals surface area contributed by atoms with Crippen LogP contribution in [0.5, 0.6) is 40.2 Å². The first-order chi connectivity index (χ1) is 32.4. The Morgan fingerprint density at radius 1 is 0.382 bits per heavy atom. The Kier molecular flexibility index (Phi) is 14.6. The van der Waals surface area contributed by atoms with Crippen LogP contribution in [0.2, 0.25) is 0 Å². The van der Waals surface area contributed by atoms with Crippen LogP contribution in [-0.4, -0.2) is 49.5 Å². The molecular formula is C50H38O14S4. The van der Waals surface area contributed by atoms with Gasteiger partial charge in [0, 0.05) is 0 Å². The Bertz CT molecular complexity index is 3510. The minimum absolute atomic E-state index is 0.0262. The van der Waals surface area contributed by atoms with Crippen LogP contribution in [-0.2, 0) is 40.4 Å². The van der Waals surface area contributed by atoms with Crippen LogP contribution < -0.4 is 18.9 Å². The monoisotopic (exact) mass is 990 g/mol. The van der Waals surface area contributed by atoms with Gasteiger partial charge < -0.3 is 18.9 Å². The zero-order chi connectivity index (χ0) is 48.6. The van der Waals surface area contributed by atoms with E-state index in [4.69, 9.17) is 31.6 Å². The summed E-state index contributed by atoms with van der Waals surface area (Å²) in [4.78, 5) is -0.830. The van der Waals surface area contributed by atoms with Gasteiger partial charge in [-0.2, -0.15) is 8.42 Å². The second kappa shape index (κ2) is 20.5. The molecule has 0 saturated heterocycles. The Morgan fingerprint density at radius 3 is 1.00 bits per heavy atom. The number of benzene rings is 8. The predicted molar refractivity (Wildman–Crippen MR) is 251 cm³/mol. The molecule has 0 radical (unpaired) electrons. The SMILES string of the molecule is COc1ccc(-c2ccc(Oc3ccc(S(=O)(=O)c4ccc(Oc5ccc(-c6ccc(Oc7ccc(S(=O)(=O)c8ccc(C)cc8)cc7S(=O)(=O)O)cc6)cc5)cc4)cc3)cc2)cc1.O=S(=O)=O. The van der Waals surface area contributed by atoms with Crippen molar-refractivity contribution in [1.29, 1.82) is 0 Å². The number of sulfone groups is 2. The van der Waals surface area contributed by atoms with Crippen molar-refractivity contribution in [1.82, 2.24) is 0 Å². The number of aryl methyl sites for hydroxylation is 1. The average molecular weight is 991 g/mol. The Balaban J connectivity index is 0.00000165. The van der Waals surface area contributed by atoms with Crippen molar-refractivity contribution in [2.45, 2.75) is 31.4 Å². The highest BCUT2D eigenvalue weighted by atomic mass is 32.2. The summed E-state index contributed by atoms with van der Waals surface area (Å²) in [5.74, 6) is 2.80. The maximum atomic E-state index is 13.5. The Morgan fingerprint density at radius 2 is 0.662 bits per heavy atom.